The van der Waals surface area contributed by atoms with Crippen LogP contribution in [0.15, 0.2) is 23.6 Å². The molecule has 0 bridgehead atoms. The Balaban J connectivity index is 2.07. The second kappa shape index (κ2) is 6.38. The second-order valence-electron chi connectivity index (χ2n) is 4.33. The molecule has 1 aromatic heterocycles. The van der Waals surface area contributed by atoms with Gasteiger partial charge in [-0.3, -0.25) is 4.79 Å². The number of amides is 1. The highest BCUT2D eigenvalue weighted by molar-refractivity contribution is 7.13. The summed E-state index contributed by atoms with van der Waals surface area (Å²) in [6, 6.07) is 5.67. The average molecular weight is 291 g/mol. The summed E-state index contributed by atoms with van der Waals surface area (Å²) < 4.78 is 5.52. The lowest BCUT2D eigenvalue weighted by molar-refractivity contribution is -0.115. The molecule has 0 radical (unpaired) electrons. The molecule has 3 N–H and O–H groups in total. The fraction of sp³-hybridized carbons (Fsp3) is 0.286. The first-order valence-corrected chi connectivity index (χ1v) is 7.19. The Morgan fingerprint density at radius 1 is 1.50 bits per heavy atom. The minimum absolute atomic E-state index is 0.139. The van der Waals surface area contributed by atoms with Crippen molar-refractivity contribution < 1.29 is 9.53 Å². The summed E-state index contributed by atoms with van der Waals surface area (Å²) in [5.41, 5.74) is 7.97. The molecule has 2 aromatic rings. The van der Waals surface area contributed by atoms with E-state index in [-0.39, 0.29) is 12.3 Å². The molecule has 0 fully saturated rings. The number of anilines is 2. The number of carbonyl (C=O) groups is 1. The van der Waals surface area contributed by atoms with Gasteiger partial charge < -0.3 is 15.8 Å². The number of ether oxygens (including phenoxy) is 1. The molecule has 0 unspecified atom stereocenters. The van der Waals surface area contributed by atoms with Crippen LogP contribution < -0.4 is 15.8 Å². The van der Waals surface area contributed by atoms with Gasteiger partial charge in [0.1, 0.15) is 5.75 Å². The number of thiazole rings is 1. The van der Waals surface area contributed by atoms with Crippen molar-refractivity contribution in [1.29, 1.82) is 0 Å². The molecule has 0 aliphatic heterocycles. The first kappa shape index (κ1) is 14.3. The number of aryl methyl sites for hydroxylation is 1. The Hall–Kier alpha value is -2.08. The molecule has 0 aliphatic rings. The van der Waals surface area contributed by atoms with Crippen LogP contribution in [0.5, 0.6) is 5.75 Å². The van der Waals surface area contributed by atoms with E-state index in [4.69, 9.17) is 10.5 Å². The Labute approximate surface area is 121 Å². The van der Waals surface area contributed by atoms with E-state index in [0.29, 0.717) is 28.9 Å². The van der Waals surface area contributed by atoms with Gasteiger partial charge in [-0.1, -0.05) is 6.07 Å². The summed E-state index contributed by atoms with van der Waals surface area (Å²) >= 11 is 1.33. The van der Waals surface area contributed by atoms with Crippen LogP contribution in [-0.2, 0) is 11.2 Å². The van der Waals surface area contributed by atoms with E-state index in [9.17, 15) is 4.79 Å². The minimum atomic E-state index is -0.139. The third-order valence-corrected chi connectivity index (χ3v) is 3.34. The molecule has 0 saturated heterocycles. The Bertz CT molecular complexity index is 610. The van der Waals surface area contributed by atoms with Gasteiger partial charge in [0.25, 0.3) is 0 Å². The van der Waals surface area contributed by atoms with E-state index in [1.165, 1.54) is 11.3 Å². The third kappa shape index (κ3) is 3.71. The van der Waals surface area contributed by atoms with Crippen LogP contribution in [0.1, 0.15) is 18.2 Å². The lowest BCUT2D eigenvalue weighted by Gasteiger charge is -2.12. The van der Waals surface area contributed by atoms with Crippen molar-refractivity contribution in [2.75, 3.05) is 17.7 Å². The molecule has 20 heavy (non-hydrogen) atoms. The highest BCUT2D eigenvalue weighted by Gasteiger charge is 2.10. The molecule has 2 rings (SSSR count). The second-order valence-corrected chi connectivity index (χ2v) is 5.22. The summed E-state index contributed by atoms with van der Waals surface area (Å²) in [4.78, 5) is 16.1. The number of benzene rings is 1. The van der Waals surface area contributed by atoms with Crippen molar-refractivity contribution in [3.63, 3.8) is 0 Å². The Kier molecular flexibility index (Phi) is 4.57. The topological polar surface area (TPSA) is 77.2 Å². The van der Waals surface area contributed by atoms with Gasteiger partial charge in [-0.05, 0) is 31.5 Å². The Morgan fingerprint density at radius 3 is 2.95 bits per heavy atom. The van der Waals surface area contributed by atoms with Gasteiger partial charge in [-0.15, -0.1) is 11.3 Å². The quantitative estimate of drug-likeness (QED) is 0.887. The van der Waals surface area contributed by atoms with Crippen LogP contribution in [0, 0.1) is 6.92 Å². The van der Waals surface area contributed by atoms with Crippen molar-refractivity contribution in [2.45, 2.75) is 20.3 Å². The zero-order valence-corrected chi connectivity index (χ0v) is 12.3. The molecule has 1 aromatic carbocycles. The molecule has 1 heterocycles. The minimum Gasteiger partial charge on any atom is -0.492 e. The number of hydrogen-bond donors (Lipinski definition) is 2. The van der Waals surface area contributed by atoms with Gasteiger partial charge >= 0.3 is 0 Å². The molecule has 6 heteroatoms. The lowest BCUT2D eigenvalue weighted by atomic mass is 10.2. The maximum absolute atomic E-state index is 12.0. The zero-order valence-electron chi connectivity index (χ0n) is 11.5. The number of carbonyl (C=O) groups excluding carboxylic acids is 1. The normalized spacial score (nSPS) is 10.3. The summed E-state index contributed by atoms with van der Waals surface area (Å²) in [5, 5.41) is 5.10. The maximum Gasteiger partial charge on any atom is 0.230 e. The van der Waals surface area contributed by atoms with Crippen molar-refractivity contribution >= 4 is 28.1 Å². The molecule has 0 atom stereocenters. The van der Waals surface area contributed by atoms with Crippen molar-refractivity contribution in [3.8, 4) is 5.75 Å². The van der Waals surface area contributed by atoms with Crippen LogP contribution in [0.4, 0.5) is 10.8 Å². The zero-order chi connectivity index (χ0) is 14.5. The van der Waals surface area contributed by atoms with E-state index in [0.717, 1.165) is 5.56 Å². The number of hydrogen-bond acceptors (Lipinski definition) is 5. The smallest absolute Gasteiger partial charge is 0.230 e. The SMILES string of the molecule is CCOc1cc(C)ccc1NC(=O)Cc1csc(N)n1. The predicted molar refractivity (Wildman–Crippen MR) is 81.2 cm³/mol. The third-order valence-electron chi connectivity index (χ3n) is 2.62. The van der Waals surface area contributed by atoms with Crippen molar-refractivity contribution in [1.82, 2.24) is 4.98 Å². The van der Waals surface area contributed by atoms with Crippen molar-refractivity contribution in [3.05, 3.63) is 34.8 Å². The molecule has 106 valence electrons. The van der Waals surface area contributed by atoms with Gasteiger partial charge in [0, 0.05) is 5.38 Å². The van der Waals surface area contributed by atoms with Crippen LogP contribution in [0.25, 0.3) is 0 Å². The predicted octanol–water partition coefficient (Wildman–Crippen LogP) is 2.61. The van der Waals surface area contributed by atoms with Crippen LogP contribution >= 0.6 is 11.3 Å². The van der Waals surface area contributed by atoms with Crippen LogP contribution in [0.2, 0.25) is 0 Å². The average Bonchev–Trinajstić information content (AvgIpc) is 2.78. The molecule has 1 amide bonds. The van der Waals surface area contributed by atoms with E-state index >= 15 is 0 Å². The van der Waals surface area contributed by atoms with Gasteiger partial charge in [0.05, 0.1) is 24.4 Å². The fourth-order valence-corrected chi connectivity index (χ4v) is 2.33. The molecule has 0 saturated carbocycles. The summed E-state index contributed by atoms with van der Waals surface area (Å²) in [6.45, 7) is 4.44. The monoisotopic (exact) mass is 291 g/mol. The summed E-state index contributed by atoms with van der Waals surface area (Å²) in [6.07, 6.45) is 0.202. The van der Waals surface area contributed by atoms with E-state index < -0.39 is 0 Å². The van der Waals surface area contributed by atoms with Gasteiger partial charge in [0.2, 0.25) is 5.91 Å². The van der Waals surface area contributed by atoms with Crippen LogP contribution in [-0.4, -0.2) is 17.5 Å². The molecular formula is C14H17N3O2S. The molecular weight excluding hydrogens is 274 g/mol. The maximum atomic E-state index is 12.0. The number of aromatic nitrogens is 1. The standard InChI is InChI=1S/C14H17N3O2S/c1-3-19-12-6-9(2)4-5-11(12)17-13(18)7-10-8-20-14(15)16-10/h4-6,8H,3,7H2,1-2H3,(H2,15,16)(H,17,18). The van der Waals surface area contributed by atoms with Gasteiger partial charge in [0.15, 0.2) is 5.13 Å². The number of nitrogens with two attached hydrogens (primary N) is 1. The number of nitrogen functional groups attached to an aromatic ring is 1. The highest BCUT2D eigenvalue weighted by Crippen LogP contribution is 2.26. The molecule has 5 nitrogen and oxygen atoms in total. The highest BCUT2D eigenvalue weighted by atomic mass is 32.1. The van der Waals surface area contributed by atoms with Gasteiger partial charge in [-0.25, -0.2) is 4.98 Å². The summed E-state index contributed by atoms with van der Waals surface area (Å²) in [5.74, 6) is 0.541. The van der Waals surface area contributed by atoms with Crippen molar-refractivity contribution in [2.24, 2.45) is 0 Å². The van der Waals surface area contributed by atoms with E-state index in [2.05, 4.69) is 10.3 Å². The van der Waals surface area contributed by atoms with E-state index in [1.807, 2.05) is 32.0 Å². The van der Waals surface area contributed by atoms with E-state index in [1.54, 1.807) is 5.38 Å². The van der Waals surface area contributed by atoms with Crippen LogP contribution in [0.3, 0.4) is 0 Å². The lowest BCUT2D eigenvalue weighted by Crippen LogP contribution is -2.15. The molecule has 0 spiro atoms. The summed E-state index contributed by atoms with van der Waals surface area (Å²) in [7, 11) is 0. The largest absolute Gasteiger partial charge is 0.492 e. The molecule has 0 aliphatic carbocycles. The Morgan fingerprint density at radius 2 is 2.30 bits per heavy atom. The number of nitrogens with zero attached hydrogens (tertiary/aromatic N) is 1. The number of rotatable bonds is 5. The first-order valence-electron chi connectivity index (χ1n) is 6.31. The van der Waals surface area contributed by atoms with Gasteiger partial charge in [-0.2, -0.15) is 0 Å². The number of nitrogens with one attached hydrogen (secondary N) is 1. The fourth-order valence-electron chi connectivity index (χ4n) is 1.77. The first-order chi connectivity index (χ1) is 9.58.